The number of rotatable bonds is 3. The highest BCUT2D eigenvalue weighted by molar-refractivity contribution is 5.61. The molecular weight excluding hydrogens is 162 g/mol. The van der Waals surface area contributed by atoms with Gasteiger partial charge in [-0.25, -0.2) is 4.98 Å². The van der Waals surface area contributed by atoms with Gasteiger partial charge < -0.3 is 11.1 Å². The molecule has 1 heterocycles. The van der Waals surface area contributed by atoms with E-state index in [0.717, 1.165) is 11.5 Å². The van der Waals surface area contributed by atoms with Crippen LogP contribution in [0, 0.1) is 6.92 Å². The third-order valence-electron chi connectivity index (χ3n) is 1.78. The number of hydrogen-bond acceptors (Lipinski definition) is 3. The second-order valence-electron chi connectivity index (χ2n) is 3.06. The van der Waals surface area contributed by atoms with Crippen molar-refractivity contribution >= 4 is 11.5 Å². The van der Waals surface area contributed by atoms with Gasteiger partial charge in [0.15, 0.2) is 0 Å². The van der Waals surface area contributed by atoms with Crippen molar-refractivity contribution in [3.05, 3.63) is 30.5 Å². The molecule has 0 amide bonds. The smallest absolute Gasteiger partial charge is 0.149 e. The summed E-state index contributed by atoms with van der Waals surface area (Å²) < 4.78 is 0. The van der Waals surface area contributed by atoms with Crippen LogP contribution in [-0.4, -0.2) is 11.0 Å². The van der Waals surface area contributed by atoms with Crippen molar-refractivity contribution in [2.75, 3.05) is 11.1 Å². The van der Waals surface area contributed by atoms with Gasteiger partial charge in [0.05, 0.1) is 5.69 Å². The van der Waals surface area contributed by atoms with Crippen LogP contribution in [0.3, 0.4) is 0 Å². The van der Waals surface area contributed by atoms with E-state index in [1.54, 1.807) is 0 Å². The SMILES string of the molecule is C=CC(C)Nc1nc(C)ccc1N. The number of aromatic nitrogens is 1. The van der Waals surface area contributed by atoms with Gasteiger partial charge in [-0.15, -0.1) is 6.58 Å². The molecule has 1 rings (SSSR count). The Kier molecular flexibility index (Phi) is 2.90. The van der Waals surface area contributed by atoms with E-state index < -0.39 is 0 Å². The molecule has 1 atom stereocenters. The van der Waals surface area contributed by atoms with E-state index in [2.05, 4.69) is 16.9 Å². The topological polar surface area (TPSA) is 50.9 Å². The van der Waals surface area contributed by atoms with Gasteiger partial charge >= 0.3 is 0 Å². The lowest BCUT2D eigenvalue weighted by atomic mass is 10.3. The van der Waals surface area contributed by atoms with Crippen molar-refractivity contribution in [1.82, 2.24) is 4.98 Å². The Labute approximate surface area is 78.7 Å². The zero-order valence-electron chi connectivity index (χ0n) is 8.04. The van der Waals surface area contributed by atoms with Gasteiger partial charge in [0.25, 0.3) is 0 Å². The molecule has 0 fully saturated rings. The van der Waals surface area contributed by atoms with Crippen molar-refractivity contribution in [3.8, 4) is 0 Å². The molecule has 1 aromatic heterocycles. The van der Waals surface area contributed by atoms with Crippen molar-refractivity contribution in [2.24, 2.45) is 0 Å². The minimum absolute atomic E-state index is 0.177. The first-order valence-corrected chi connectivity index (χ1v) is 4.25. The predicted molar refractivity (Wildman–Crippen MR) is 56.7 cm³/mol. The number of hydrogen-bond donors (Lipinski definition) is 2. The zero-order valence-corrected chi connectivity index (χ0v) is 8.04. The maximum Gasteiger partial charge on any atom is 0.149 e. The molecule has 3 heteroatoms. The number of nitrogen functional groups attached to an aromatic ring is 1. The second-order valence-corrected chi connectivity index (χ2v) is 3.06. The van der Waals surface area contributed by atoms with Gasteiger partial charge in [-0.05, 0) is 26.0 Å². The summed E-state index contributed by atoms with van der Waals surface area (Å²) in [5, 5.41) is 3.15. The van der Waals surface area contributed by atoms with Crippen LogP contribution in [0.2, 0.25) is 0 Å². The number of pyridine rings is 1. The molecule has 0 bridgehead atoms. The van der Waals surface area contributed by atoms with Crippen LogP contribution in [-0.2, 0) is 0 Å². The summed E-state index contributed by atoms with van der Waals surface area (Å²) in [7, 11) is 0. The molecule has 13 heavy (non-hydrogen) atoms. The fourth-order valence-corrected chi connectivity index (χ4v) is 0.958. The summed E-state index contributed by atoms with van der Waals surface area (Å²) in [5.41, 5.74) is 7.35. The molecule has 1 unspecified atom stereocenters. The molecule has 0 aliphatic heterocycles. The lowest BCUT2D eigenvalue weighted by Gasteiger charge is -2.12. The van der Waals surface area contributed by atoms with E-state index in [0.29, 0.717) is 5.69 Å². The van der Waals surface area contributed by atoms with Crippen LogP contribution in [0.4, 0.5) is 11.5 Å². The number of nitrogens with one attached hydrogen (secondary N) is 1. The molecule has 0 saturated carbocycles. The van der Waals surface area contributed by atoms with E-state index >= 15 is 0 Å². The van der Waals surface area contributed by atoms with Gasteiger partial charge in [0.1, 0.15) is 5.82 Å². The Bertz CT molecular complexity index is 307. The second kappa shape index (κ2) is 3.94. The molecule has 0 spiro atoms. The zero-order chi connectivity index (χ0) is 9.84. The summed E-state index contributed by atoms with van der Waals surface area (Å²) in [5.74, 6) is 0.729. The van der Waals surface area contributed by atoms with Crippen LogP contribution in [0.25, 0.3) is 0 Å². The third-order valence-corrected chi connectivity index (χ3v) is 1.78. The minimum Gasteiger partial charge on any atom is -0.396 e. The first-order chi connectivity index (χ1) is 6.13. The molecular formula is C10H15N3. The number of anilines is 2. The summed E-state index contributed by atoms with van der Waals surface area (Å²) in [6, 6.07) is 3.91. The Balaban J connectivity index is 2.86. The molecule has 0 aromatic carbocycles. The first kappa shape index (κ1) is 9.58. The van der Waals surface area contributed by atoms with E-state index in [-0.39, 0.29) is 6.04 Å². The molecule has 1 aromatic rings. The van der Waals surface area contributed by atoms with E-state index in [1.165, 1.54) is 0 Å². The van der Waals surface area contributed by atoms with Crippen LogP contribution < -0.4 is 11.1 Å². The largest absolute Gasteiger partial charge is 0.396 e. The van der Waals surface area contributed by atoms with Crippen LogP contribution in [0.1, 0.15) is 12.6 Å². The molecule has 0 aliphatic rings. The fraction of sp³-hybridized carbons (Fsp3) is 0.300. The Morgan fingerprint density at radius 3 is 2.92 bits per heavy atom. The average Bonchev–Trinajstić information content (AvgIpc) is 2.11. The van der Waals surface area contributed by atoms with Crippen LogP contribution >= 0.6 is 0 Å². The highest BCUT2D eigenvalue weighted by atomic mass is 15.0. The van der Waals surface area contributed by atoms with Crippen molar-refractivity contribution in [3.63, 3.8) is 0 Å². The summed E-state index contributed by atoms with van der Waals surface area (Å²) in [6.45, 7) is 7.61. The van der Waals surface area contributed by atoms with Gasteiger partial charge in [0.2, 0.25) is 0 Å². The van der Waals surface area contributed by atoms with E-state index in [4.69, 9.17) is 5.73 Å². The first-order valence-electron chi connectivity index (χ1n) is 4.25. The molecule has 0 saturated heterocycles. The maximum absolute atomic E-state index is 5.73. The highest BCUT2D eigenvalue weighted by Gasteiger charge is 2.02. The molecule has 0 radical (unpaired) electrons. The molecule has 3 nitrogen and oxygen atoms in total. The van der Waals surface area contributed by atoms with E-state index in [1.807, 2.05) is 32.1 Å². The quantitative estimate of drug-likeness (QED) is 0.694. The monoisotopic (exact) mass is 177 g/mol. The Morgan fingerprint density at radius 1 is 1.62 bits per heavy atom. The third kappa shape index (κ3) is 2.47. The van der Waals surface area contributed by atoms with Crippen molar-refractivity contribution < 1.29 is 0 Å². The van der Waals surface area contributed by atoms with Gasteiger partial charge in [-0.1, -0.05) is 6.08 Å². The van der Waals surface area contributed by atoms with Gasteiger partial charge in [-0.2, -0.15) is 0 Å². The maximum atomic E-state index is 5.73. The molecule has 3 N–H and O–H groups in total. The van der Waals surface area contributed by atoms with Gasteiger partial charge in [-0.3, -0.25) is 0 Å². The Hall–Kier alpha value is -1.51. The van der Waals surface area contributed by atoms with E-state index in [9.17, 15) is 0 Å². The van der Waals surface area contributed by atoms with Crippen LogP contribution in [0.5, 0.6) is 0 Å². The predicted octanol–water partition coefficient (Wildman–Crippen LogP) is 1.96. The molecule has 70 valence electrons. The number of nitrogens with zero attached hydrogens (tertiary/aromatic N) is 1. The summed E-state index contributed by atoms with van der Waals surface area (Å²) >= 11 is 0. The average molecular weight is 177 g/mol. The summed E-state index contributed by atoms with van der Waals surface area (Å²) in [6.07, 6.45) is 1.81. The van der Waals surface area contributed by atoms with Crippen molar-refractivity contribution in [2.45, 2.75) is 19.9 Å². The number of aryl methyl sites for hydroxylation is 1. The normalized spacial score (nSPS) is 12.2. The fourth-order valence-electron chi connectivity index (χ4n) is 0.958. The minimum atomic E-state index is 0.177. The summed E-state index contributed by atoms with van der Waals surface area (Å²) in [4.78, 5) is 4.28. The lowest BCUT2D eigenvalue weighted by molar-refractivity contribution is 0.979. The lowest BCUT2D eigenvalue weighted by Crippen LogP contribution is -2.14. The molecule has 0 aliphatic carbocycles. The standard InChI is InChI=1S/C10H15N3/c1-4-7(2)12-10-9(11)6-5-8(3)13-10/h4-7H,1,11H2,2-3H3,(H,12,13). The highest BCUT2D eigenvalue weighted by Crippen LogP contribution is 2.16. The van der Waals surface area contributed by atoms with Gasteiger partial charge in [0, 0.05) is 11.7 Å². The Morgan fingerprint density at radius 2 is 2.31 bits per heavy atom. The van der Waals surface area contributed by atoms with Crippen molar-refractivity contribution in [1.29, 1.82) is 0 Å². The van der Waals surface area contributed by atoms with Crippen LogP contribution in [0.15, 0.2) is 24.8 Å². The number of nitrogens with two attached hydrogens (primary N) is 1.